The molecule has 8 nitrogen and oxygen atoms in total. The second-order valence-corrected chi connectivity index (χ2v) is 7.72. The van der Waals surface area contributed by atoms with Crippen molar-refractivity contribution in [3.05, 3.63) is 59.9 Å². The summed E-state index contributed by atoms with van der Waals surface area (Å²) >= 11 is 0. The molecule has 0 atom stereocenters. The predicted octanol–water partition coefficient (Wildman–Crippen LogP) is 3.74. The fourth-order valence-corrected chi connectivity index (χ4v) is 3.63. The summed E-state index contributed by atoms with van der Waals surface area (Å²) in [6.45, 7) is 4.39. The van der Waals surface area contributed by atoms with Crippen LogP contribution in [-0.2, 0) is 6.42 Å². The molecular weight excluding hydrogens is 411 g/mol. The second-order valence-electron chi connectivity index (χ2n) is 7.72. The lowest BCUT2D eigenvalue weighted by Crippen LogP contribution is -2.36. The van der Waals surface area contributed by atoms with Gasteiger partial charge in [-0.2, -0.15) is 0 Å². The highest BCUT2D eigenvalue weighted by atomic mass is 19.1. The average Bonchev–Trinajstić information content (AvgIpc) is 2.84. The quantitative estimate of drug-likeness (QED) is 0.342. The smallest absolute Gasteiger partial charge is 0.316 e. The van der Waals surface area contributed by atoms with Gasteiger partial charge >= 0.3 is 6.01 Å². The van der Waals surface area contributed by atoms with E-state index in [4.69, 9.17) is 9.94 Å². The summed E-state index contributed by atoms with van der Waals surface area (Å²) in [7, 11) is 0. The number of aromatic nitrogens is 4. The number of anilines is 1. The highest BCUT2D eigenvalue weighted by Crippen LogP contribution is 2.24. The number of aryl methyl sites for hydroxylation is 1. The number of oxime groups is 1. The zero-order valence-corrected chi connectivity index (χ0v) is 17.9. The van der Waals surface area contributed by atoms with Gasteiger partial charge < -0.3 is 14.8 Å². The largest absolute Gasteiger partial charge is 0.463 e. The first-order chi connectivity index (χ1) is 15.7. The summed E-state index contributed by atoms with van der Waals surface area (Å²) < 4.78 is 20.1. The minimum atomic E-state index is -0.445. The molecule has 1 saturated heterocycles. The molecule has 1 aromatic carbocycles. The number of halogens is 1. The van der Waals surface area contributed by atoms with Crippen LogP contribution in [-0.4, -0.2) is 51.1 Å². The first-order valence-electron chi connectivity index (χ1n) is 10.6. The Balaban J connectivity index is 1.28. The lowest BCUT2D eigenvalue weighted by molar-refractivity contribution is 0.208. The summed E-state index contributed by atoms with van der Waals surface area (Å²) in [4.78, 5) is 19.6. The molecule has 1 aliphatic rings. The fourth-order valence-electron chi connectivity index (χ4n) is 3.63. The van der Waals surface area contributed by atoms with Gasteiger partial charge in [0.05, 0.1) is 12.8 Å². The van der Waals surface area contributed by atoms with Gasteiger partial charge in [0.2, 0.25) is 5.95 Å². The van der Waals surface area contributed by atoms with Gasteiger partial charge in [0.15, 0.2) is 0 Å². The van der Waals surface area contributed by atoms with E-state index in [9.17, 15) is 4.39 Å². The average molecular weight is 436 g/mol. The molecule has 2 aromatic heterocycles. The van der Waals surface area contributed by atoms with E-state index >= 15 is 0 Å². The van der Waals surface area contributed by atoms with E-state index in [0.717, 1.165) is 43.9 Å². The van der Waals surface area contributed by atoms with Crippen molar-refractivity contribution in [3.8, 4) is 17.1 Å². The number of ether oxygens (including phenoxy) is 1. The lowest BCUT2D eigenvalue weighted by Gasteiger charge is -2.31. The minimum Gasteiger partial charge on any atom is -0.463 e. The van der Waals surface area contributed by atoms with Crippen molar-refractivity contribution in [2.24, 2.45) is 11.1 Å². The van der Waals surface area contributed by atoms with Gasteiger partial charge in [-0.25, -0.2) is 24.3 Å². The molecule has 3 aromatic rings. The van der Waals surface area contributed by atoms with Crippen molar-refractivity contribution < 1.29 is 14.3 Å². The van der Waals surface area contributed by atoms with E-state index in [-0.39, 0.29) is 6.01 Å². The highest BCUT2D eigenvalue weighted by Gasteiger charge is 2.22. The Morgan fingerprint density at radius 3 is 2.47 bits per heavy atom. The molecule has 0 aliphatic carbocycles. The minimum absolute atomic E-state index is 0.277. The van der Waals surface area contributed by atoms with Crippen LogP contribution in [0.3, 0.4) is 0 Å². The summed E-state index contributed by atoms with van der Waals surface area (Å²) in [5, 5.41) is 11.5. The Bertz CT molecular complexity index is 1050. The number of nitrogens with zero attached hydrogens (tertiary/aromatic N) is 6. The van der Waals surface area contributed by atoms with Gasteiger partial charge in [-0.15, -0.1) is 0 Å². The van der Waals surface area contributed by atoms with Gasteiger partial charge in [0, 0.05) is 49.0 Å². The van der Waals surface area contributed by atoms with Gasteiger partial charge in [0.25, 0.3) is 0 Å². The number of hydrogen-bond donors (Lipinski definition) is 1. The van der Waals surface area contributed by atoms with E-state index in [0.29, 0.717) is 29.2 Å². The molecule has 32 heavy (non-hydrogen) atoms. The van der Waals surface area contributed by atoms with Crippen molar-refractivity contribution in [2.75, 3.05) is 24.6 Å². The third kappa shape index (κ3) is 5.16. The molecule has 1 aliphatic heterocycles. The zero-order valence-electron chi connectivity index (χ0n) is 17.9. The van der Waals surface area contributed by atoms with E-state index < -0.39 is 5.82 Å². The van der Waals surface area contributed by atoms with Crippen LogP contribution < -0.4 is 9.64 Å². The van der Waals surface area contributed by atoms with Gasteiger partial charge in [0.1, 0.15) is 5.82 Å². The first-order valence-corrected chi connectivity index (χ1v) is 10.6. The number of rotatable bonds is 7. The lowest BCUT2D eigenvalue weighted by atomic mass is 9.98. The number of piperidine rings is 1. The van der Waals surface area contributed by atoms with Crippen molar-refractivity contribution in [1.29, 1.82) is 0 Å². The maximum absolute atomic E-state index is 14.3. The van der Waals surface area contributed by atoms with Crippen LogP contribution in [0, 0.1) is 11.7 Å². The summed E-state index contributed by atoms with van der Waals surface area (Å²) in [6, 6.07) is 4.81. The highest BCUT2D eigenvalue weighted by molar-refractivity contribution is 5.80. The van der Waals surface area contributed by atoms with E-state index in [1.54, 1.807) is 24.5 Å². The van der Waals surface area contributed by atoms with Crippen molar-refractivity contribution in [1.82, 2.24) is 19.9 Å². The molecule has 0 amide bonds. The van der Waals surface area contributed by atoms with Crippen molar-refractivity contribution in [2.45, 2.75) is 26.2 Å². The molecule has 9 heteroatoms. The van der Waals surface area contributed by atoms with Crippen LogP contribution in [0.5, 0.6) is 6.01 Å². The first kappa shape index (κ1) is 21.6. The second kappa shape index (κ2) is 10.1. The molecule has 166 valence electrons. The normalized spacial score (nSPS) is 14.8. The molecule has 3 heterocycles. The summed E-state index contributed by atoms with van der Waals surface area (Å²) in [5.41, 5.74) is 2.52. The third-order valence-corrected chi connectivity index (χ3v) is 5.58. The maximum Gasteiger partial charge on any atom is 0.316 e. The molecule has 0 radical (unpaired) electrons. The zero-order chi connectivity index (χ0) is 22.3. The fraction of sp³-hybridized carbons (Fsp3) is 0.348. The van der Waals surface area contributed by atoms with Crippen LogP contribution in [0.15, 0.2) is 48.1 Å². The van der Waals surface area contributed by atoms with Gasteiger partial charge in [-0.3, -0.25) is 0 Å². The molecule has 0 spiro atoms. The molecule has 0 unspecified atom stereocenters. The topological polar surface area (TPSA) is 96.6 Å². The summed E-state index contributed by atoms with van der Waals surface area (Å²) in [5.74, 6) is 0.742. The van der Waals surface area contributed by atoms with E-state index in [1.807, 2.05) is 12.4 Å². The molecular formula is C23H25FN6O2. The van der Waals surface area contributed by atoms with Crippen molar-refractivity contribution in [3.63, 3.8) is 0 Å². The molecule has 1 N–H and O–H groups in total. The third-order valence-electron chi connectivity index (χ3n) is 5.58. The molecule has 1 fully saturated rings. The number of hydrogen-bond acceptors (Lipinski definition) is 8. The molecule has 0 saturated carbocycles. The summed E-state index contributed by atoms with van der Waals surface area (Å²) in [6.07, 6.45) is 10.9. The van der Waals surface area contributed by atoms with Gasteiger partial charge in [-0.05, 0) is 42.4 Å². The number of benzene rings is 1. The Labute approximate surface area is 185 Å². The Kier molecular flexibility index (Phi) is 6.84. The van der Waals surface area contributed by atoms with Crippen LogP contribution in [0.4, 0.5) is 10.3 Å². The Morgan fingerprint density at radius 2 is 1.84 bits per heavy atom. The van der Waals surface area contributed by atoms with E-state index in [2.05, 4.69) is 36.9 Å². The predicted molar refractivity (Wildman–Crippen MR) is 119 cm³/mol. The maximum atomic E-state index is 14.3. The van der Waals surface area contributed by atoms with Crippen LogP contribution in [0.1, 0.15) is 30.9 Å². The van der Waals surface area contributed by atoms with Gasteiger partial charge in [-0.1, -0.05) is 24.2 Å². The van der Waals surface area contributed by atoms with Crippen LogP contribution in [0.25, 0.3) is 11.1 Å². The Hall–Kier alpha value is -3.62. The SMILES string of the molecule is CCc1cnc(N2CCC(COc3ncc(-c4ccc(/C=N/O)cc4F)cn3)CC2)nc1. The Morgan fingerprint density at radius 1 is 1.12 bits per heavy atom. The molecule has 0 bridgehead atoms. The van der Waals surface area contributed by atoms with Crippen molar-refractivity contribution >= 4 is 12.2 Å². The standard InChI is InChI=1S/C23H25FN6O2/c1-2-16-10-25-22(26-11-16)30-7-5-17(6-8-30)15-32-23-27-13-19(14-28-23)20-4-3-18(12-29-31)9-21(20)24/h3-4,9-14,17,31H,2,5-8,15H2,1H3/b29-12+. The van der Waals surface area contributed by atoms with Crippen LogP contribution in [0.2, 0.25) is 0 Å². The monoisotopic (exact) mass is 436 g/mol. The van der Waals surface area contributed by atoms with E-state index in [1.165, 1.54) is 12.3 Å². The molecule has 4 rings (SSSR count). The van der Waals surface area contributed by atoms with Crippen LogP contribution >= 0.6 is 0 Å².